The van der Waals surface area contributed by atoms with E-state index >= 15 is 0 Å². The third kappa shape index (κ3) is 3.10. The minimum absolute atomic E-state index is 0.0256. The van der Waals surface area contributed by atoms with Crippen LogP contribution in [0.1, 0.15) is 58.4 Å². The minimum atomic E-state index is -3.63. The first-order valence-corrected chi connectivity index (χ1v) is 10.9. The van der Waals surface area contributed by atoms with E-state index in [0.29, 0.717) is 30.1 Å². The summed E-state index contributed by atoms with van der Waals surface area (Å²) in [4.78, 5) is 25.2. The summed E-state index contributed by atoms with van der Waals surface area (Å²) in [5.41, 5.74) is 2.33. The van der Waals surface area contributed by atoms with Crippen LogP contribution in [-0.2, 0) is 25.9 Å². The third-order valence-electron chi connectivity index (χ3n) is 5.41. The zero-order chi connectivity index (χ0) is 19.3. The predicted octanol–water partition coefficient (Wildman–Crippen LogP) is 2.66. The van der Waals surface area contributed by atoms with Gasteiger partial charge in [-0.1, -0.05) is 24.3 Å². The van der Waals surface area contributed by atoms with Crippen LogP contribution in [0, 0.1) is 0 Å². The first-order chi connectivity index (χ1) is 12.8. The molecular formula is C20H21NO5S. The first-order valence-electron chi connectivity index (χ1n) is 8.97. The molecule has 1 aromatic carbocycles. The van der Waals surface area contributed by atoms with Gasteiger partial charge in [-0.3, -0.25) is 9.59 Å². The van der Waals surface area contributed by atoms with Gasteiger partial charge in [-0.2, -0.15) is 0 Å². The van der Waals surface area contributed by atoms with Gasteiger partial charge in [0.1, 0.15) is 5.69 Å². The first kappa shape index (κ1) is 18.0. The van der Waals surface area contributed by atoms with E-state index in [9.17, 15) is 18.0 Å². The Hall–Kier alpha value is -2.41. The van der Waals surface area contributed by atoms with E-state index < -0.39 is 21.7 Å². The number of hydrogen-bond acceptors (Lipinski definition) is 5. The molecule has 1 saturated carbocycles. The van der Waals surface area contributed by atoms with Crippen LogP contribution < -0.4 is 0 Å². The van der Waals surface area contributed by atoms with Crippen LogP contribution in [0.15, 0.2) is 35.2 Å². The number of benzene rings is 1. The van der Waals surface area contributed by atoms with Gasteiger partial charge >= 0.3 is 5.97 Å². The molecule has 2 heterocycles. The van der Waals surface area contributed by atoms with Crippen molar-refractivity contribution in [2.24, 2.45) is 0 Å². The number of sulfone groups is 1. The van der Waals surface area contributed by atoms with Crippen LogP contribution in [0.25, 0.3) is 0 Å². The smallest absolute Gasteiger partial charge is 0.314 e. The lowest BCUT2D eigenvalue weighted by Gasteiger charge is -2.09. The van der Waals surface area contributed by atoms with Crippen molar-refractivity contribution < 1.29 is 22.7 Å². The second-order valence-corrected chi connectivity index (χ2v) is 9.28. The Kier molecular flexibility index (Phi) is 4.22. The molecule has 1 aromatic heterocycles. The number of esters is 1. The van der Waals surface area contributed by atoms with Crippen molar-refractivity contribution >= 4 is 21.6 Å². The topological polar surface area (TPSA) is 82.4 Å². The normalized spacial score (nSPS) is 19.0. The number of hydrogen-bond donors (Lipinski definition) is 0. The monoisotopic (exact) mass is 387 g/mol. The zero-order valence-corrected chi connectivity index (χ0v) is 16.1. The summed E-state index contributed by atoms with van der Waals surface area (Å²) in [6.07, 6.45) is 3.92. The van der Waals surface area contributed by atoms with Crippen molar-refractivity contribution in [2.45, 2.75) is 42.5 Å². The van der Waals surface area contributed by atoms with Crippen molar-refractivity contribution in [3.05, 3.63) is 52.8 Å². The minimum Gasteiger partial charge on any atom is -0.469 e. The maximum absolute atomic E-state index is 13.2. The molecule has 1 atom stereocenters. The van der Waals surface area contributed by atoms with Gasteiger partial charge in [-0.15, -0.1) is 0 Å². The fraction of sp³-hybridized carbons (Fsp3) is 0.400. The van der Waals surface area contributed by atoms with Crippen LogP contribution in [0.5, 0.6) is 0 Å². The quantitative estimate of drug-likeness (QED) is 0.582. The fourth-order valence-electron chi connectivity index (χ4n) is 3.84. The summed E-state index contributed by atoms with van der Waals surface area (Å²) in [5.74, 6) is -0.720. The Labute approximate surface area is 158 Å². The summed E-state index contributed by atoms with van der Waals surface area (Å²) >= 11 is 0. The standard InChI is InChI=1S/C20H21NO5S/c1-26-20(23)15-9-10-21-16(15)11-17(27(2,24)25)18(21)19(22)14-7-5-13(6-8-14)12-3-4-12/h5-8,11-12,15H,3-4,9-10H2,1-2H3. The molecule has 1 aliphatic carbocycles. The van der Waals surface area contributed by atoms with E-state index in [-0.39, 0.29) is 16.4 Å². The van der Waals surface area contributed by atoms with E-state index in [4.69, 9.17) is 4.74 Å². The lowest BCUT2D eigenvalue weighted by atomic mass is 10.0. The largest absolute Gasteiger partial charge is 0.469 e. The second-order valence-electron chi connectivity index (χ2n) is 7.30. The number of methoxy groups -OCH3 is 1. The summed E-state index contributed by atoms with van der Waals surface area (Å²) in [6, 6.07) is 8.85. The molecule has 0 radical (unpaired) electrons. The Morgan fingerprint density at radius 2 is 1.78 bits per heavy atom. The van der Waals surface area contributed by atoms with E-state index in [1.807, 2.05) is 12.1 Å². The summed E-state index contributed by atoms with van der Waals surface area (Å²) in [6.45, 7) is 0.409. The lowest BCUT2D eigenvalue weighted by molar-refractivity contribution is -0.142. The highest BCUT2D eigenvalue weighted by Crippen LogP contribution is 2.40. The number of rotatable bonds is 5. The van der Waals surface area contributed by atoms with E-state index in [0.717, 1.165) is 6.26 Å². The molecule has 1 fully saturated rings. The molecule has 1 unspecified atom stereocenters. The van der Waals surface area contributed by atoms with E-state index in [1.165, 1.54) is 31.6 Å². The van der Waals surface area contributed by atoms with Crippen molar-refractivity contribution in [3.63, 3.8) is 0 Å². The van der Waals surface area contributed by atoms with Gasteiger partial charge in [0.15, 0.2) is 9.84 Å². The van der Waals surface area contributed by atoms with Gasteiger partial charge in [0, 0.05) is 24.1 Å². The molecule has 1 aliphatic heterocycles. The number of nitrogens with zero attached hydrogens (tertiary/aromatic N) is 1. The molecule has 2 aliphatic rings. The average molecular weight is 387 g/mol. The molecule has 0 bridgehead atoms. The molecule has 142 valence electrons. The molecule has 0 N–H and O–H groups in total. The van der Waals surface area contributed by atoms with Crippen molar-refractivity contribution in [1.82, 2.24) is 4.57 Å². The highest BCUT2D eigenvalue weighted by atomic mass is 32.2. The molecular weight excluding hydrogens is 366 g/mol. The maximum Gasteiger partial charge on any atom is 0.314 e. The van der Waals surface area contributed by atoms with Gasteiger partial charge < -0.3 is 9.30 Å². The highest BCUT2D eigenvalue weighted by molar-refractivity contribution is 7.90. The number of aromatic nitrogens is 1. The number of ketones is 1. The van der Waals surface area contributed by atoms with Gasteiger partial charge in [0.05, 0.1) is 17.9 Å². The van der Waals surface area contributed by atoms with Gasteiger partial charge in [0.25, 0.3) is 0 Å². The van der Waals surface area contributed by atoms with E-state index in [1.54, 1.807) is 16.7 Å². The SMILES string of the molecule is COC(=O)C1CCn2c1cc(S(C)(=O)=O)c2C(=O)c1ccc(C2CC2)cc1. The average Bonchev–Trinajstić information content (AvgIpc) is 3.29. The molecule has 0 saturated heterocycles. The number of fused-ring (bicyclic) bond motifs is 1. The number of carbonyl (C=O) groups is 2. The zero-order valence-electron chi connectivity index (χ0n) is 15.3. The van der Waals surface area contributed by atoms with Crippen LogP contribution in [0.2, 0.25) is 0 Å². The Morgan fingerprint density at radius 1 is 1.11 bits per heavy atom. The lowest BCUT2D eigenvalue weighted by Crippen LogP contribution is -2.13. The van der Waals surface area contributed by atoms with Crippen molar-refractivity contribution in [3.8, 4) is 0 Å². The fourth-order valence-corrected chi connectivity index (χ4v) is 4.73. The molecule has 0 spiro atoms. The molecule has 7 heteroatoms. The Bertz CT molecular complexity index is 1030. The van der Waals surface area contributed by atoms with Gasteiger partial charge in [-0.05, 0) is 36.8 Å². The van der Waals surface area contributed by atoms with Crippen molar-refractivity contribution in [1.29, 1.82) is 0 Å². The third-order valence-corrected chi connectivity index (χ3v) is 6.52. The van der Waals surface area contributed by atoms with Crippen LogP contribution in [0.4, 0.5) is 0 Å². The summed E-state index contributed by atoms with van der Waals surface area (Å²) in [7, 11) is -2.32. The van der Waals surface area contributed by atoms with Crippen LogP contribution in [0.3, 0.4) is 0 Å². The molecule has 0 amide bonds. The maximum atomic E-state index is 13.2. The molecule has 2 aromatic rings. The predicted molar refractivity (Wildman–Crippen MR) is 98.8 cm³/mol. The van der Waals surface area contributed by atoms with Crippen LogP contribution >= 0.6 is 0 Å². The second kappa shape index (κ2) is 6.34. The highest BCUT2D eigenvalue weighted by Gasteiger charge is 2.37. The molecule has 27 heavy (non-hydrogen) atoms. The van der Waals surface area contributed by atoms with Crippen LogP contribution in [-0.4, -0.2) is 38.1 Å². The Balaban J connectivity index is 1.79. The van der Waals surface area contributed by atoms with E-state index in [2.05, 4.69) is 0 Å². The molecule has 4 rings (SSSR count). The number of carbonyl (C=O) groups excluding carboxylic acids is 2. The summed E-state index contributed by atoms with van der Waals surface area (Å²) in [5, 5.41) is 0. The molecule has 6 nitrogen and oxygen atoms in total. The van der Waals surface area contributed by atoms with Crippen molar-refractivity contribution in [2.75, 3.05) is 13.4 Å². The summed E-state index contributed by atoms with van der Waals surface area (Å²) < 4.78 is 31.1. The van der Waals surface area contributed by atoms with Gasteiger partial charge in [0.2, 0.25) is 5.78 Å². The Morgan fingerprint density at radius 3 is 2.33 bits per heavy atom. The van der Waals surface area contributed by atoms with Gasteiger partial charge in [-0.25, -0.2) is 8.42 Å². The number of ether oxygens (including phenoxy) is 1.